The maximum atomic E-state index is 12.5. The maximum Gasteiger partial charge on any atom is 0.309 e. The number of carbonyl (C=O) groups is 1. The standard InChI is InChI=1S/C19H34B2O2/c20-16-7-5-14(6-8-16)13-1-3-15(4-2-13)19(22)23-18-11-9-17(21)10-12-18/h13-18H,1-12,20-21H2. The van der Waals surface area contributed by atoms with Crippen molar-refractivity contribution < 1.29 is 9.53 Å². The highest BCUT2D eigenvalue weighted by atomic mass is 16.5. The Labute approximate surface area is 144 Å². The lowest BCUT2D eigenvalue weighted by atomic mass is 9.65. The molecule has 3 fully saturated rings. The third-order valence-electron chi connectivity index (χ3n) is 7.08. The molecule has 0 atom stereocenters. The molecule has 0 aliphatic heterocycles. The summed E-state index contributed by atoms with van der Waals surface area (Å²) in [5.41, 5.74) is 0. The van der Waals surface area contributed by atoms with Gasteiger partial charge in [0.15, 0.2) is 0 Å². The van der Waals surface area contributed by atoms with Crippen LogP contribution in [0.3, 0.4) is 0 Å². The Kier molecular flexibility index (Phi) is 6.15. The SMILES string of the molecule is BC1CCC(OC(=O)C2CCC(C3CCC(B)CC3)CC2)CC1. The summed E-state index contributed by atoms with van der Waals surface area (Å²) in [5, 5.41) is 0. The fraction of sp³-hybridized carbons (Fsp3) is 0.947. The minimum absolute atomic E-state index is 0.125. The molecule has 23 heavy (non-hydrogen) atoms. The molecule has 3 saturated carbocycles. The number of hydrogen-bond donors (Lipinski definition) is 0. The molecule has 0 radical (unpaired) electrons. The quantitative estimate of drug-likeness (QED) is 0.590. The molecular formula is C19H34B2O2. The molecule has 0 heterocycles. The lowest BCUT2D eigenvalue weighted by Gasteiger charge is -2.37. The molecule has 0 bridgehead atoms. The summed E-state index contributed by atoms with van der Waals surface area (Å²) in [7, 11) is 4.71. The van der Waals surface area contributed by atoms with E-state index < -0.39 is 0 Å². The number of rotatable bonds is 3. The number of ether oxygens (including phenoxy) is 1. The van der Waals surface area contributed by atoms with Gasteiger partial charge in [0, 0.05) is 0 Å². The van der Waals surface area contributed by atoms with Crippen molar-refractivity contribution in [3.63, 3.8) is 0 Å². The van der Waals surface area contributed by atoms with E-state index in [1.807, 2.05) is 0 Å². The zero-order valence-corrected chi connectivity index (χ0v) is 15.3. The average Bonchev–Trinajstić information content (AvgIpc) is 2.58. The third kappa shape index (κ3) is 4.79. The average molecular weight is 316 g/mol. The van der Waals surface area contributed by atoms with Gasteiger partial charge in [0.1, 0.15) is 21.8 Å². The topological polar surface area (TPSA) is 26.3 Å². The van der Waals surface area contributed by atoms with Crippen LogP contribution in [0.15, 0.2) is 0 Å². The Morgan fingerprint density at radius 1 is 0.652 bits per heavy atom. The van der Waals surface area contributed by atoms with Crippen LogP contribution in [-0.2, 0) is 9.53 Å². The van der Waals surface area contributed by atoms with Gasteiger partial charge in [0.2, 0.25) is 0 Å². The van der Waals surface area contributed by atoms with Crippen LogP contribution in [0.5, 0.6) is 0 Å². The third-order valence-corrected chi connectivity index (χ3v) is 7.08. The van der Waals surface area contributed by atoms with Crippen LogP contribution >= 0.6 is 0 Å². The molecule has 0 unspecified atom stereocenters. The van der Waals surface area contributed by atoms with Crippen molar-refractivity contribution in [2.45, 2.75) is 94.8 Å². The predicted octanol–water partition coefficient (Wildman–Crippen LogP) is 3.31. The smallest absolute Gasteiger partial charge is 0.309 e. The number of carbonyl (C=O) groups excluding carboxylic acids is 1. The summed E-state index contributed by atoms with van der Waals surface area (Å²) >= 11 is 0. The van der Waals surface area contributed by atoms with E-state index in [1.54, 1.807) is 0 Å². The Morgan fingerprint density at radius 3 is 1.61 bits per heavy atom. The first-order chi connectivity index (χ1) is 11.1. The van der Waals surface area contributed by atoms with E-state index in [0.29, 0.717) is 0 Å². The van der Waals surface area contributed by atoms with E-state index in [2.05, 4.69) is 15.7 Å². The van der Waals surface area contributed by atoms with Crippen LogP contribution in [0.25, 0.3) is 0 Å². The number of hydrogen-bond acceptors (Lipinski definition) is 2. The van der Waals surface area contributed by atoms with Crippen LogP contribution in [0.4, 0.5) is 0 Å². The largest absolute Gasteiger partial charge is 0.462 e. The first kappa shape index (κ1) is 17.4. The van der Waals surface area contributed by atoms with Crippen molar-refractivity contribution in [3.8, 4) is 0 Å². The first-order valence-electron chi connectivity index (χ1n) is 10.3. The van der Waals surface area contributed by atoms with Crippen molar-refractivity contribution in [3.05, 3.63) is 0 Å². The van der Waals surface area contributed by atoms with Crippen LogP contribution in [0.2, 0.25) is 11.6 Å². The van der Waals surface area contributed by atoms with Gasteiger partial charge in [0.05, 0.1) is 5.92 Å². The Balaban J connectivity index is 1.39. The molecule has 3 aliphatic rings. The molecular weight excluding hydrogens is 282 g/mol. The molecule has 0 aromatic rings. The highest BCUT2D eigenvalue weighted by Crippen LogP contribution is 2.42. The van der Waals surface area contributed by atoms with Crippen molar-refractivity contribution in [1.29, 1.82) is 0 Å². The fourth-order valence-electron chi connectivity index (χ4n) is 5.19. The van der Waals surface area contributed by atoms with E-state index in [0.717, 1.165) is 49.2 Å². The maximum absolute atomic E-state index is 12.5. The molecule has 0 aromatic carbocycles. The monoisotopic (exact) mass is 316 g/mol. The molecule has 0 amide bonds. The second-order valence-electron chi connectivity index (χ2n) is 8.95. The van der Waals surface area contributed by atoms with Gasteiger partial charge in [-0.25, -0.2) is 0 Å². The van der Waals surface area contributed by atoms with Gasteiger partial charge in [-0.15, -0.1) is 0 Å². The highest BCUT2D eigenvalue weighted by Gasteiger charge is 2.34. The minimum atomic E-state index is 0.125. The summed E-state index contributed by atoms with van der Waals surface area (Å²) in [6.07, 6.45) is 15.2. The summed E-state index contributed by atoms with van der Waals surface area (Å²) in [4.78, 5) is 12.5. The zero-order chi connectivity index (χ0) is 16.2. The first-order valence-corrected chi connectivity index (χ1v) is 10.3. The second-order valence-corrected chi connectivity index (χ2v) is 8.95. The predicted molar refractivity (Wildman–Crippen MR) is 100 cm³/mol. The van der Waals surface area contributed by atoms with Gasteiger partial charge in [-0.1, -0.05) is 50.2 Å². The molecule has 128 valence electrons. The molecule has 0 aromatic heterocycles. The Morgan fingerprint density at radius 2 is 1.09 bits per heavy atom. The van der Waals surface area contributed by atoms with Crippen LogP contribution in [0, 0.1) is 17.8 Å². The molecule has 0 spiro atoms. The highest BCUT2D eigenvalue weighted by molar-refractivity contribution is 6.11. The van der Waals surface area contributed by atoms with Gasteiger partial charge in [-0.05, 0) is 50.4 Å². The van der Waals surface area contributed by atoms with E-state index in [4.69, 9.17) is 4.74 Å². The van der Waals surface area contributed by atoms with Crippen LogP contribution < -0.4 is 0 Å². The lowest BCUT2D eigenvalue weighted by Crippen LogP contribution is -2.31. The zero-order valence-electron chi connectivity index (χ0n) is 15.3. The van der Waals surface area contributed by atoms with Gasteiger partial charge < -0.3 is 4.74 Å². The summed E-state index contributed by atoms with van der Waals surface area (Å²) in [5.74, 6) is 3.92. The molecule has 3 rings (SSSR count). The Hall–Kier alpha value is -0.400. The summed E-state index contributed by atoms with van der Waals surface area (Å²) in [6.45, 7) is 0. The van der Waals surface area contributed by atoms with E-state index in [1.165, 1.54) is 51.4 Å². The van der Waals surface area contributed by atoms with Gasteiger partial charge >= 0.3 is 5.97 Å². The van der Waals surface area contributed by atoms with Crippen LogP contribution in [-0.4, -0.2) is 27.8 Å². The van der Waals surface area contributed by atoms with Crippen molar-refractivity contribution in [1.82, 2.24) is 0 Å². The normalized spacial score (nSPS) is 42.1. The lowest BCUT2D eigenvalue weighted by molar-refractivity contribution is -0.157. The van der Waals surface area contributed by atoms with Gasteiger partial charge in [-0.3, -0.25) is 4.79 Å². The van der Waals surface area contributed by atoms with Gasteiger partial charge in [0.25, 0.3) is 0 Å². The molecule has 3 aliphatic carbocycles. The minimum Gasteiger partial charge on any atom is -0.462 e. The summed E-state index contributed by atoms with van der Waals surface area (Å²) in [6, 6.07) is 0. The molecule has 2 nitrogen and oxygen atoms in total. The van der Waals surface area contributed by atoms with E-state index >= 15 is 0 Å². The van der Waals surface area contributed by atoms with Crippen molar-refractivity contribution in [2.24, 2.45) is 17.8 Å². The van der Waals surface area contributed by atoms with Gasteiger partial charge in [-0.2, -0.15) is 0 Å². The summed E-state index contributed by atoms with van der Waals surface area (Å²) < 4.78 is 5.83. The second kappa shape index (κ2) is 8.12. The Bertz CT molecular complexity index is 377. The molecule has 4 heteroatoms. The van der Waals surface area contributed by atoms with Crippen molar-refractivity contribution in [2.75, 3.05) is 0 Å². The van der Waals surface area contributed by atoms with E-state index in [9.17, 15) is 4.79 Å². The number of esters is 1. The van der Waals surface area contributed by atoms with Crippen molar-refractivity contribution >= 4 is 21.7 Å². The van der Waals surface area contributed by atoms with E-state index in [-0.39, 0.29) is 18.0 Å². The molecule has 0 saturated heterocycles. The van der Waals surface area contributed by atoms with Crippen LogP contribution in [0.1, 0.15) is 77.0 Å². The molecule has 0 N–H and O–H groups in total. The fourth-order valence-corrected chi connectivity index (χ4v) is 5.19.